The quantitative estimate of drug-likeness (QED) is 0.161. The van der Waals surface area contributed by atoms with Gasteiger partial charge in [-0.1, -0.05) is 31.4 Å². The van der Waals surface area contributed by atoms with Gasteiger partial charge in [0, 0.05) is 44.1 Å². The maximum Gasteiger partial charge on any atom is 0.420 e. The van der Waals surface area contributed by atoms with Crippen molar-refractivity contribution in [2.24, 2.45) is 0 Å². The number of alkyl halides is 1. The van der Waals surface area contributed by atoms with Crippen LogP contribution in [0.2, 0.25) is 0 Å². The summed E-state index contributed by atoms with van der Waals surface area (Å²) in [7, 11) is 1.74. The lowest BCUT2D eigenvalue weighted by Crippen LogP contribution is -2.53. The summed E-state index contributed by atoms with van der Waals surface area (Å²) < 4.78 is 42.4. The van der Waals surface area contributed by atoms with Crippen LogP contribution in [-0.2, 0) is 11.3 Å². The van der Waals surface area contributed by atoms with E-state index in [-0.39, 0.29) is 90.3 Å². The van der Waals surface area contributed by atoms with Crippen LogP contribution >= 0.6 is 0 Å². The molecule has 2 atom stereocenters. The third-order valence-electron chi connectivity index (χ3n) is 12.2. The molecule has 4 aliphatic rings. The highest BCUT2D eigenvalue weighted by Crippen LogP contribution is 2.43. The lowest BCUT2D eigenvalue weighted by atomic mass is 9.82. The SMILES string of the molecule is C#Cc1c(F)ccc2cc(O)cc(N3Cc4nc(OC[C@]5(C)C[C@@H](F)CN5C5CCC(C)(O)CC5)nc(NCC5(N(C)C(=O)C=C)CCCC5)c4OC3=O)c12. The fourth-order valence-electron chi connectivity index (χ4n) is 9.03. The van der Waals surface area contributed by atoms with E-state index in [2.05, 4.69) is 27.7 Å². The van der Waals surface area contributed by atoms with Gasteiger partial charge in [-0.3, -0.25) is 14.6 Å². The van der Waals surface area contributed by atoms with Crippen molar-refractivity contribution in [1.29, 1.82) is 0 Å². The minimum atomic E-state index is -1.06. The summed E-state index contributed by atoms with van der Waals surface area (Å²) in [4.78, 5) is 41.1. The zero-order chi connectivity index (χ0) is 39.3. The van der Waals surface area contributed by atoms with Crippen LogP contribution in [0, 0.1) is 18.2 Å². The number of benzene rings is 2. The predicted molar refractivity (Wildman–Crippen MR) is 203 cm³/mol. The number of amides is 2. The summed E-state index contributed by atoms with van der Waals surface area (Å²) in [5.41, 5.74) is -1.70. The Hall–Kier alpha value is -5.00. The molecule has 292 valence electrons. The Bertz CT molecular complexity index is 2050. The number of aromatic hydroxyl groups is 1. The number of aromatic nitrogens is 2. The van der Waals surface area contributed by atoms with E-state index in [0.717, 1.165) is 38.5 Å². The molecule has 2 aliphatic heterocycles. The highest BCUT2D eigenvalue weighted by molar-refractivity contribution is 6.06. The molecule has 0 radical (unpaired) electrons. The number of likely N-dealkylation sites (N-methyl/N-ethyl adjacent to an activating group) is 1. The average Bonchev–Trinajstić information content (AvgIpc) is 3.76. The molecule has 1 aromatic heterocycles. The molecule has 0 spiro atoms. The zero-order valence-corrected chi connectivity index (χ0v) is 31.5. The first-order valence-electron chi connectivity index (χ1n) is 18.9. The highest BCUT2D eigenvalue weighted by Gasteiger charge is 2.48. The number of phenolic OH excluding ortho intramolecular Hbond substituents is 1. The molecule has 2 saturated carbocycles. The number of rotatable bonds is 10. The maximum absolute atomic E-state index is 15.2. The molecule has 0 unspecified atom stereocenters. The zero-order valence-electron chi connectivity index (χ0n) is 31.5. The number of nitrogens with zero attached hydrogens (tertiary/aromatic N) is 5. The van der Waals surface area contributed by atoms with Crippen molar-refractivity contribution in [3.05, 3.63) is 54.0 Å². The molecule has 3 fully saturated rings. The van der Waals surface area contributed by atoms with Gasteiger partial charge in [-0.2, -0.15) is 9.97 Å². The van der Waals surface area contributed by atoms with Crippen molar-refractivity contribution >= 4 is 34.3 Å². The summed E-state index contributed by atoms with van der Waals surface area (Å²) in [6.45, 7) is 7.87. The number of halogens is 2. The summed E-state index contributed by atoms with van der Waals surface area (Å²) in [6.07, 6.45) is 11.4. The van der Waals surface area contributed by atoms with E-state index >= 15 is 4.39 Å². The summed E-state index contributed by atoms with van der Waals surface area (Å²) in [5, 5.41) is 25.2. The topological polar surface area (TPSA) is 141 Å². The molecule has 2 amide bonds. The maximum atomic E-state index is 15.2. The number of terminal acetylenes is 1. The molecule has 14 heteroatoms. The van der Waals surface area contributed by atoms with Gasteiger partial charge in [0.1, 0.15) is 30.0 Å². The number of nitrogens with one attached hydrogen (secondary N) is 1. The Morgan fingerprint density at radius 1 is 1.22 bits per heavy atom. The van der Waals surface area contributed by atoms with Crippen LogP contribution in [0.4, 0.5) is 25.1 Å². The molecule has 0 bridgehead atoms. The molecule has 1 saturated heterocycles. The molecule has 12 nitrogen and oxygen atoms in total. The van der Waals surface area contributed by atoms with Crippen LogP contribution in [0.15, 0.2) is 36.9 Å². The van der Waals surface area contributed by atoms with Gasteiger partial charge in [0.15, 0.2) is 11.6 Å². The summed E-state index contributed by atoms with van der Waals surface area (Å²) in [5.74, 6) is 1.53. The van der Waals surface area contributed by atoms with E-state index in [1.807, 2.05) is 13.8 Å². The number of fused-ring (bicyclic) bond motifs is 2. The van der Waals surface area contributed by atoms with Gasteiger partial charge in [0.2, 0.25) is 5.91 Å². The molecular weight excluding hydrogens is 710 g/mol. The highest BCUT2D eigenvalue weighted by atomic mass is 19.1. The smallest absolute Gasteiger partial charge is 0.420 e. The van der Waals surface area contributed by atoms with Crippen LogP contribution in [0.25, 0.3) is 10.8 Å². The minimum Gasteiger partial charge on any atom is -0.508 e. The monoisotopic (exact) mass is 758 g/mol. The molecule has 7 rings (SSSR count). The van der Waals surface area contributed by atoms with Crippen molar-refractivity contribution < 1.29 is 38.1 Å². The predicted octanol–water partition coefficient (Wildman–Crippen LogP) is 6.22. The van der Waals surface area contributed by atoms with Crippen LogP contribution in [-0.4, -0.2) is 97.6 Å². The number of carbonyl (C=O) groups is 2. The first-order chi connectivity index (χ1) is 26.2. The largest absolute Gasteiger partial charge is 0.508 e. The Morgan fingerprint density at radius 2 is 1.95 bits per heavy atom. The van der Waals surface area contributed by atoms with E-state index in [9.17, 15) is 24.2 Å². The molecule has 3 heterocycles. The van der Waals surface area contributed by atoms with E-state index < -0.39 is 34.8 Å². The summed E-state index contributed by atoms with van der Waals surface area (Å²) in [6, 6.07) is 5.45. The fraction of sp³-hybridized carbons (Fsp3) is 0.512. The second kappa shape index (κ2) is 14.6. The third-order valence-corrected chi connectivity index (χ3v) is 12.2. The molecule has 55 heavy (non-hydrogen) atoms. The number of carbonyl (C=O) groups excluding carboxylic acids is 2. The van der Waals surface area contributed by atoms with E-state index in [1.54, 1.807) is 11.9 Å². The number of ether oxygens (including phenoxy) is 2. The van der Waals surface area contributed by atoms with Gasteiger partial charge in [-0.05, 0) is 76.0 Å². The second-order valence-corrected chi connectivity index (χ2v) is 16.1. The minimum absolute atomic E-state index is 0.0404. The summed E-state index contributed by atoms with van der Waals surface area (Å²) >= 11 is 0. The van der Waals surface area contributed by atoms with Crippen molar-refractivity contribution in [2.45, 2.75) is 107 Å². The molecule has 2 aromatic carbocycles. The van der Waals surface area contributed by atoms with Crippen molar-refractivity contribution in [3.63, 3.8) is 0 Å². The number of anilines is 2. The van der Waals surface area contributed by atoms with Crippen LogP contribution in [0.3, 0.4) is 0 Å². The first-order valence-corrected chi connectivity index (χ1v) is 18.9. The Balaban J connectivity index is 1.24. The number of phenols is 1. The molecule has 3 aromatic rings. The van der Waals surface area contributed by atoms with Gasteiger partial charge < -0.3 is 29.9 Å². The van der Waals surface area contributed by atoms with Crippen molar-refractivity contribution in [3.8, 4) is 29.9 Å². The Labute approximate surface area is 319 Å². The number of aliphatic hydroxyl groups is 1. The standard InChI is InChI=1S/C41H48F2N6O6/c1-6-29-30(43)11-10-25-18-28(50)19-32(34(25)29)48-22-31-35(55-38(48)52)36(44-23-41(14-8-9-15-41)47(5)33(51)7-2)46-37(45-31)54-24-39(3)20-26(42)21-49(39)27-12-16-40(4,53)17-13-27/h1,7,10-11,18-19,26-27,50,53H,2,8-9,12-17,20-24H2,3-5H3,(H,44,45,46)/t26-,27?,39+,40?/m1/s1. The van der Waals surface area contributed by atoms with Crippen LogP contribution < -0.4 is 19.7 Å². The molecule has 2 aliphatic carbocycles. The Morgan fingerprint density at radius 3 is 2.64 bits per heavy atom. The van der Waals surface area contributed by atoms with Gasteiger partial charge in [-0.15, -0.1) is 6.42 Å². The third kappa shape index (κ3) is 7.27. The van der Waals surface area contributed by atoms with Crippen molar-refractivity contribution in [2.75, 3.05) is 37.0 Å². The van der Waals surface area contributed by atoms with Gasteiger partial charge >= 0.3 is 12.1 Å². The van der Waals surface area contributed by atoms with E-state index in [0.29, 0.717) is 18.2 Å². The molecule has 3 N–H and O–H groups in total. The molecular formula is C41H48F2N6O6. The van der Waals surface area contributed by atoms with Crippen LogP contribution in [0.1, 0.15) is 82.9 Å². The average molecular weight is 759 g/mol. The number of hydrogen-bond acceptors (Lipinski definition) is 10. The van der Waals surface area contributed by atoms with Gasteiger partial charge in [-0.25, -0.2) is 13.6 Å². The first kappa shape index (κ1) is 38.3. The second-order valence-electron chi connectivity index (χ2n) is 16.1. The van der Waals surface area contributed by atoms with Crippen molar-refractivity contribution in [1.82, 2.24) is 19.8 Å². The number of likely N-dealkylation sites (tertiary alicyclic amines) is 1. The fourth-order valence-corrected chi connectivity index (χ4v) is 9.03. The normalized spacial score (nSPS) is 26.3. The van der Waals surface area contributed by atoms with Gasteiger partial charge in [0.25, 0.3) is 0 Å². The van der Waals surface area contributed by atoms with Crippen LogP contribution in [0.5, 0.6) is 17.5 Å². The lowest BCUT2D eigenvalue weighted by Gasteiger charge is -2.44. The van der Waals surface area contributed by atoms with E-state index in [1.165, 1.54) is 35.2 Å². The van der Waals surface area contributed by atoms with Gasteiger partial charge in [0.05, 0.1) is 34.5 Å². The van der Waals surface area contributed by atoms with E-state index in [4.69, 9.17) is 20.9 Å². The number of hydrogen-bond donors (Lipinski definition) is 3. The lowest BCUT2D eigenvalue weighted by molar-refractivity contribution is -0.129. The Kier molecular flexibility index (Phi) is 10.1.